The van der Waals surface area contributed by atoms with Gasteiger partial charge in [0.15, 0.2) is 11.5 Å². The molecule has 0 bridgehead atoms. The van der Waals surface area contributed by atoms with Gasteiger partial charge in [0.05, 0.1) is 22.9 Å². The van der Waals surface area contributed by atoms with Gasteiger partial charge in [-0.15, -0.1) is 0 Å². The van der Waals surface area contributed by atoms with Crippen molar-refractivity contribution in [2.24, 2.45) is 0 Å². The first kappa shape index (κ1) is 23.6. The minimum absolute atomic E-state index is 0.0910. The molecule has 1 N–H and O–H groups in total. The zero-order chi connectivity index (χ0) is 22.7. The fraction of sp³-hybridized carbons (Fsp3) is 0.429. The van der Waals surface area contributed by atoms with Crippen LogP contribution in [0.2, 0.25) is 0 Å². The third kappa shape index (κ3) is 5.48. The summed E-state index contributed by atoms with van der Waals surface area (Å²) in [7, 11) is -3.00. The van der Waals surface area contributed by atoms with E-state index in [0.717, 1.165) is 0 Å². The number of rotatable bonds is 7. The van der Waals surface area contributed by atoms with E-state index in [1.165, 1.54) is 31.6 Å². The summed E-state index contributed by atoms with van der Waals surface area (Å²) in [4.78, 5) is 3.71. The molecule has 0 amide bonds. The molecule has 0 saturated heterocycles. The fourth-order valence-electron chi connectivity index (χ4n) is 2.70. The monoisotopic (exact) mass is 434 g/mol. The summed E-state index contributed by atoms with van der Waals surface area (Å²) in [5, 5.41) is 9.62. The lowest BCUT2D eigenvalue weighted by Gasteiger charge is -2.28. The first-order chi connectivity index (χ1) is 13.8. The Labute approximate surface area is 177 Å². The van der Waals surface area contributed by atoms with Crippen LogP contribution >= 0.6 is 0 Å². The van der Waals surface area contributed by atoms with Gasteiger partial charge in [0.25, 0.3) is 10.1 Å². The molecular formula is C21H26N2O6S. The second-order valence-electron chi connectivity index (χ2n) is 7.90. The van der Waals surface area contributed by atoms with Gasteiger partial charge in [-0.25, -0.2) is 0 Å². The minimum Gasteiger partial charge on any atom is -0.485 e. The van der Waals surface area contributed by atoms with Crippen LogP contribution < -0.4 is 9.47 Å². The third-order valence-corrected chi connectivity index (χ3v) is 5.38. The number of methoxy groups -OCH3 is 1. The molecule has 0 radical (unpaired) electrons. The zero-order valence-corrected chi connectivity index (χ0v) is 18.7. The minimum atomic E-state index is -4.51. The van der Waals surface area contributed by atoms with Crippen LogP contribution in [0, 0.1) is 11.3 Å². The first-order valence-corrected chi connectivity index (χ1v) is 10.7. The Morgan fingerprint density at radius 3 is 2.27 bits per heavy atom. The van der Waals surface area contributed by atoms with Gasteiger partial charge >= 0.3 is 0 Å². The maximum Gasteiger partial charge on any atom is 0.294 e. The maximum atomic E-state index is 11.8. The van der Waals surface area contributed by atoms with E-state index in [0.29, 0.717) is 12.0 Å². The molecule has 9 heteroatoms. The molecule has 0 saturated carbocycles. The summed E-state index contributed by atoms with van der Waals surface area (Å²) in [6, 6.07) is 6.13. The highest BCUT2D eigenvalue weighted by molar-refractivity contribution is 7.85. The molecule has 1 aromatic carbocycles. The van der Waals surface area contributed by atoms with Gasteiger partial charge in [-0.1, -0.05) is 6.92 Å². The lowest BCUT2D eigenvalue weighted by atomic mass is 9.93. The van der Waals surface area contributed by atoms with Gasteiger partial charge in [0, 0.05) is 13.2 Å². The van der Waals surface area contributed by atoms with E-state index < -0.39 is 21.3 Å². The summed E-state index contributed by atoms with van der Waals surface area (Å²) < 4.78 is 50.3. The molecule has 0 fully saturated rings. The maximum absolute atomic E-state index is 11.8. The molecule has 8 nitrogen and oxygen atoms in total. The highest BCUT2D eigenvalue weighted by Crippen LogP contribution is 2.37. The largest absolute Gasteiger partial charge is 0.485 e. The van der Waals surface area contributed by atoms with Crippen molar-refractivity contribution in [2.45, 2.75) is 57.1 Å². The van der Waals surface area contributed by atoms with Crippen LogP contribution in [0.25, 0.3) is 0 Å². The van der Waals surface area contributed by atoms with Crippen molar-refractivity contribution in [3.05, 3.63) is 41.7 Å². The van der Waals surface area contributed by atoms with Crippen LogP contribution in [0.15, 0.2) is 35.5 Å². The molecule has 2 aromatic rings. The second-order valence-corrected chi connectivity index (χ2v) is 9.32. The number of nitriles is 1. The molecular weight excluding hydrogens is 408 g/mol. The second kappa shape index (κ2) is 8.60. The average Bonchev–Trinajstić information content (AvgIpc) is 2.65. The van der Waals surface area contributed by atoms with E-state index in [-0.39, 0.29) is 27.7 Å². The van der Waals surface area contributed by atoms with E-state index in [1.54, 1.807) is 13.0 Å². The van der Waals surface area contributed by atoms with Gasteiger partial charge in [0.2, 0.25) is 0 Å². The average molecular weight is 435 g/mol. The molecule has 30 heavy (non-hydrogen) atoms. The van der Waals surface area contributed by atoms with E-state index >= 15 is 0 Å². The van der Waals surface area contributed by atoms with Crippen LogP contribution in [0.3, 0.4) is 0 Å². The number of pyridine rings is 1. The Hall–Kier alpha value is -2.67. The van der Waals surface area contributed by atoms with Crippen molar-refractivity contribution in [3.8, 4) is 23.3 Å². The van der Waals surface area contributed by atoms with Crippen molar-refractivity contribution in [1.82, 2.24) is 4.98 Å². The van der Waals surface area contributed by atoms with Crippen molar-refractivity contribution in [1.29, 1.82) is 5.26 Å². The predicted molar refractivity (Wildman–Crippen MR) is 110 cm³/mol. The summed E-state index contributed by atoms with van der Waals surface area (Å²) >= 11 is 0. The van der Waals surface area contributed by atoms with Gasteiger partial charge in [0.1, 0.15) is 23.0 Å². The zero-order valence-electron chi connectivity index (χ0n) is 17.9. The molecule has 162 valence electrons. The van der Waals surface area contributed by atoms with E-state index in [9.17, 15) is 18.2 Å². The Balaban J connectivity index is 2.61. The molecule has 2 rings (SSSR count). The number of benzene rings is 1. The van der Waals surface area contributed by atoms with Crippen LogP contribution in [-0.2, 0) is 20.5 Å². The van der Waals surface area contributed by atoms with Crippen molar-refractivity contribution in [2.75, 3.05) is 7.11 Å². The van der Waals surface area contributed by atoms with Crippen molar-refractivity contribution >= 4 is 10.1 Å². The van der Waals surface area contributed by atoms with E-state index in [2.05, 4.69) is 4.98 Å². The number of hydrogen-bond donors (Lipinski definition) is 1. The molecule has 1 atom stereocenters. The molecule has 1 heterocycles. The SMILES string of the molecule is CCC(C)(OC)c1cc(Oc2cncc(OC(C)(C)C)c2C#N)cc(S(=O)(=O)O)c1. The van der Waals surface area contributed by atoms with Gasteiger partial charge < -0.3 is 14.2 Å². The van der Waals surface area contributed by atoms with Crippen molar-refractivity contribution in [3.63, 3.8) is 0 Å². The van der Waals surface area contributed by atoms with Crippen LogP contribution in [-0.4, -0.2) is 30.7 Å². The Kier molecular flexibility index (Phi) is 6.76. The van der Waals surface area contributed by atoms with Crippen LogP contribution in [0.4, 0.5) is 0 Å². The highest BCUT2D eigenvalue weighted by Gasteiger charge is 2.27. The Morgan fingerprint density at radius 1 is 1.13 bits per heavy atom. The number of ether oxygens (including phenoxy) is 3. The topological polar surface area (TPSA) is 119 Å². The third-order valence-electron chi connectivity index (χ3n) is 4.55. The van der Waals surface area contributed by atoms with Crippen LogP contribution in [0.1, 0.15) is 52.2 Å². The standard InChI is InChI=1S/C21H26N2O6S/c1-7-21(5,27-6)14-8-15(10-16(9-14)30(24,25)26)28-18-12-23-13-19(17(18)11-22)29-20(2,3)4/h8-10,12-13H,7H2,1-6H3,(H,24,25,26). The number of nitrogens with zero attached hydrogens (tertiary/aromatic N) is 2. The lowest BCUT2D eigenvalue weighted by molar-refractivity contribution is -0.00170. The molecule has 0 aliphatic rings. The molecule has 0 spiro atoms. The Bertz CT molecular complexity index is 1060. The van der Waals surface area contributed by atoms with Gasteiger partial charge in [-0.05, 0) is 51.8 Å². The summed E-state index contributed by atoms with van der Waals surface area (Å²) in [5.74, 6) is 0.431. The van der Waals surface area contributed by atoms with Gasteiger partial charge in [-0.3, -0.25) is 9.54 Å². The fourth-order valence-corrected chi connectivity index (χ4v) is 3.24. The smallest absolute Gasteiger partial charge is 0.294 e. The summed E-state index contributed by atoms with van der Waals surface area (Å²) in [6.45, 7) is 9.18. The normalized spacial score (nSPS) is 13.9. The molecule has 1 aromatic heterocycles. The predicted octanol–water partition coefficient (Wildman–Crippen LogP) is 4.44. The highest BCUT2D eigenvalue weighted by atomic mass is 32.2. The first-order valence-electron chi connectivity index (χ1n) is 9.26. The molecule has 0 aliphatic carbocycles. The summed E-state index contributed by atoms with van der Waals surface area (Å²) in [5.41, 5.74) is -0.771. The number of aromatic nitrogens is 1. The molecule has 0 aliphatic heterocycles. The summed E-state index contributed by atoms with van der Waals surface area (Å²) in [6.07, 6.45) is 3.29. The molecule has 1 unspecified atom stereocenters. The van der Waals surface area contributed by atoms with E-state index in [4.69, 9.17) is 14.2 Å². The lowest BCUT2D eigenvalue weighted by Crippen LogP contribution is -2.24. The van der Waals surface area contributed by atoms with Gasteiger partial charge in [-0.2, -0.15) is 13.7 Å². The van der Waals surface area contributed by atoms with Crippen LogP contribution in [0.5, 0.6) is 17.2 Å². The van der Waals surface area contributed by atoms with E-state index in [1.807, 2.05) is 33.8 Å². The number of hydrogen-bond acceptors (Lipinski definition) is 7. The van der Waals surface area contributed by atoms with Crippen molar-refractivity contribution < 1.29 is 27.2 Å². The Morgan fingerprint density at radius 2 is 1.77 bits per heavy atom. The quantitative estimate of drug-likeness (QED) is 0.635.